The highest BCUT2D eigenvalue weighted by Gasteiger charge is 2.27. The van der Waals surface area contributed by atoms with Gasteiger partial charge in [0.15, 0.2) is 23.3 Å². The van der Waals surface area contributed by atoms with E-state index in [-0.39, 0.29) is 0 Å². The molecule has 8 heterocycles. The van der Waals surface area contributed by atoms with E-state index in [2.05, 4.69) is 331 Å². The molecular formula is C102H58N8O3S. The van der Waals surface area contributed by atoms with E-state index in [0.29, 0.717) is 40.8 Å². The molecule has 0 fully saturated rings. The van der Waals surface area contributed by atoms with Gasteiger partial charge >= 0.3 is 0 Å². The van der Waals surface area contributed by atoms with E-state index in [4.69, 9.17) is 43.2 Å². The summed E-state index contributed by atoms with van der Waals surface area (Å²) < 4.78 is 27.7. The first kappa shape index (κ1) is 63.7. The van der Waals surface area contributed by atoms with Crippen LogP contribution >= 0.6 is 11.3 Å². The summed E-state index contributed by atoms with van der Waals surface area (Å²) >= 11 is 1.82. The number of hydrogen-bond acceptors (Lipinski definition) is 10. The molecule has 0 aliphatic carbocycles. The Balaban J connectivity index is 0.677. The molecular weight excluding hydrogens is 1420 g/mol. The minimum Gasteiger partial charge on any atom is -0.456 e. The van der Waals surface area contributed by atoms with Gasteiger partial charge in [-0.3, -0.25) is 9.13 Å². The SMILES string of the molecule is c1ccc(-c2ccc(-c3nc(-c4cc(-c5ccccc5)c5c(c4)oc4cc(-c6ccc(-c7nc(-c8ccc9c(c8)oc8cccc(-c%10ccccc%10)c89)nc(-n8c9ccccc9c9c%10sc%11ccccc%11c%10ccc98)n7)cc6-c6ccccc6)ccc45)nc(-n4c5ccccc5c5c6oc7ccccc7c6ccc54)n3)cc2)cc1. The maximum Gasteiger partial charge on any atom is 0.238 e. The third kappa shape index (κ3) is 10.0. The van der Waals surface area contributed by atoms with Gasteiger partial charge in [-0.2, -0.15) is 19.9 Å². The molecule has 12 heteroatoms. The topological polar surface area (TPSA) is 127 Å². The molecule has 0 saturated heterocycles. The summed E-state index contributed by atoms with van der Waals surface area (Å²) in [6.07, 6.45) is 0. The lowest BCUT2D eigenvalue weighted by Crippen LogP contribution is -2.06. The fourth-order valence-corrected chi connectivity index (χ4v) is 18.7. The standard InChI is InChI=1S/C102H58N8O3S/c1-5-22-59(23-6-1)60-40-42-64(43-41-60)97-103-100(108-101(105-97)109-81-35-17-13-32-75(81)93-83(109)52-50-73-71-30-15-19-37-85(71)113-95(73)93)68-55-80(63-28-11-4-12-29-63)92-78-48-44-65(56-87(78)112-89(92)58-68)69-47-45-66(54-79(69)62-26-9-3-10-27-62)98-104-99(67-46-49-77-88(57-67)111-86-38-21-34-70(91(77)86)61-24-7-2-8-25-61)107-102(106-98)110-82-36-18-14-33-76(82)94-84(110)53-51-74-72-31-16-20-39-90(72)114-96(74)94/h1-58H. The number of benzene rings is 16. The molecule has 0 aliphatic rings. The van der Waals surface area contributed by atoms with Crippen molar-refractivity contribution in [2.24, 2.45) is 0 Å². The number of aromatic nitrogens is 8. The van der Waals surface area contributed by atoms with E-state index in [9.17, 15) is 0 Å². The summed E-state index contributed by atoms with van der Waals surface area (Å²) in [7, 11) is 0. The lowest BCUT2D eigenvalue weighted by Gasteiger charge is -2.14. The molecule has 0 aliphatic heterocycles. The van der Waals surface area contributed by atoms with Crippen molar-refractivity contribution >= 4 is 141 Å². The van der Waals surface area contributed by atoms with Crippen LogP contribution in [0.25, 0.3) is 243 Å². The first-order chi connectivity index (χ1) is 56.5. The molecule has 0 atom stereocenters. The number of furan rings is 3. The molecule has 24 rings (SSSR count). The van der Waals surface area contributed by atoms with Crippen LogP contribution in [0.15, 0.2) is 365 Å². The van der Waals surface area contributed by atoms with Crippen molar-refractivity contribution in [2.45, 2.75) is 0 Å². The van der Waals surface area contributed by atoms with Gasteiger partial charge in [-0.05, 0) is 147 Å². The smallest absolute Gasteiger partial charge is 0.238 e. The normalized spacial score (nSPS) is 12.0. The number of fused-ring (bicyclic) bond motifs is 20. The summed E-state index contributed by atoms with van der Waals surface area (Å²) in [5, 5.41) is 12.9. The average molecular weight is 1480 g/mol. The zero-order valence-electron chi connectivity index (χ0n) is 60.7. The molecule has 0 bridgehead atoms. The van der Waals surface area contributed by atoms with Crippen LogP contribution in [-0.4, -0.2) is 39.0 Å². The molecule has 0 saturated carbocycles. The van der Waals surface area contributed by atoms with Crippen LogP contribution in [0.3, 0.4) is 0 Å². The maximum absolute atomic E-state index is 7.28. The van der Waals surface area contributed by atoms with Crippen molar-refractivity contribution in [2.75, 3.05) is 0 Å². The van der Waals surface area contributed by atoms with Crippen molar-refractivity contribution < 1.29 is 13.3 Å². The summed E-state index contributed by atoms with van der Waals surface area (Å²) in [5.74, 6) is 2.98. The molecule has 24 aromatic rings. The van der Waals surface area contributed by atoms with Gasteiger partial charge in [0.2, 0.25) is 11.9 Å². The molecule has 0 amide bonds. The molecule has 0 unspecified atom stereocenters. The second kappa shape index (κ2) is 25.2. The zero-order valence-corrected chi connectivity index (χ0v) is 61.5. The van der Waals surface area contributed by atoms with Crippen molar-refractivity contribution in [1.29, 1.82) is 0 Å². The summed E-state index contributed by atoms with van der Waals surface area (Å²) in [6.45, 7) is 0. The highest BCUT2D eigenvalue weighted by molar-refractivity contribution is 7.26. The molecule has 16 aromatic carbocycles. The van der Waals surface area contributed by atoms with Crippen molar-refractivity contribution in [3.63, 3.8) is 0 Å². The third-order valence-corrected chi connectivity index (χ3v) is 23.9. The average Bonchev–Trinajstić information content (AvgIpc) is 1.56. The molecule has 530 valence electrons. The van der Waals surface area contributed by atoms with Crippen LogP contribution in [0, 0.1) is 0 Å². The van der Waals surface area contributed by atoms with Crippen molar-refractivity contribution in [3.8, 4) is 113 Å². The predicted octanol–water partition coefficient (Wildman–Crippen LogP) is 27.3. The summed E-state index contributed by atoms with van der Waals surface area (Å²) in [4.78, 5) is 33.0. The number of nitrogens with zero attached hydrogens (tertiary/aromatic N) is 8. The highest BCUT2D eigenvalue weighted by Crippen LogP contribution is 2.48. The molecule has 8 aromatic heterocycles. The molecule has 0 radical (unpaired) electrons. The van der Waals surface area contributed by atoms with Crippen LogP contribution < -0.4 is 0 Å². The van der Waals surface area contributed by atoms with Gasteiger partial charge in [-0.15, -0.1) is 11.3 Å². The van der Waals surface area contributed by atoms with Gasteiger partial charge in [-0.25, -0.2) is 9.97 Å². The number of hydrogen-bond donors (Lipinski definition) is 0. The van der Waals surface area contributed by atoms with Gasteiger partial charge in [0.25, 0.3) is 0 Å². The highest BCUT2D eigenvalue weighted by atomic mass is 32.1. The van der Waals surface area contributed by atoms with Gasteiger partial charge in [0.05, 0.1) is 27.5 Å². The van der Waals surface area contributed by atoms with E-state index >= 15 is 0 Å². The largest absolute Gasteiger partial charge is 0.456 e. The fourth-order valence-electron chi connectivity index (χ4n) is 17.5. The first-order valence-electron chi connectivity index (χ1n) is 38.1. The monoisotopic (exact) mass is 1470 g/mol. The lowest BCUT2D eigenvalue weighted by molar-refractivity contribution is 0.668. The molecule has 0 spiro atoms. The fraction of sp³-hybridized carbons (Fsp3) is 0. The molecule has 0 N–H and O–H groups in total. The Morgan fingerprint density at radius 3 is 1.34 bits per heavy atom. The van der Waals surface area contributed by atoms with E-state index in [0.717, 1.165) is 182 Å². The number of rotatable bonds is 11. The van der Waals surface area contributed by atoms with Gasteiger partial charge < -0.3 is 13.3 Å². The quantitative estimate of drug-likeness (QED) is 0.124. The van der Waals surface area contributed by atoms with Gasteiger partial charge in [0, 0.05) is 90.9 Å². The number of para-hydroxylation sites is 3. The Hall–Kier alpha value is -15.2. The Morgan fingerprint density at radius 1 is 0.211 bits per heavy atom. The van der Waals surface area contributed by atoms with E-state index in [1.54, 1.807) is 0 Å². The Labute approximate surface area is 653 Å². The van der Waals surface area contributed by atoms with Gasteiger partial charge in [0.1, 0.15) is 33.5 Å². The second-order valence-corrected chi connectivity index (χ2v) is 30.2. The van der Waals surface area contributed by atoms with Crippen molar-refractivity contribution in [1.82, 2.24) is 39.0 Å². The first-order valence-corrected chi connectivity index (χ1v) is 38.9. The summed E-state index contributed by atoms with van der Waals surface area (Å²) in [5.41, 5.74) is 22.1. The van der Waals surface area contributed by atoms with Crippen LogP contribution in [0.1, 0.15) is 0 Å². The van der Waals surface area contributed by atoms with Gasteiger partial charge in [-0.1, -0.05) is 261 Å². The van der Waals surface area contributed by atoms with Crippen LogP contribution in [0.4, 0.5) is 0 Å². The Bertz CT molecular complexity index is 8100. The third-order valence-electron chi connectivity index (χ3n) is 22.7. The molecule has 114 heavy (non-hydrogen) atoms. The van der Waals surface area contributed by atoms with Crippen LogP contribution in [0.5, 0.6) is 0 Å². The number of thiophene rings is 1. The minimum absolute atomic E-state index is 0.465. The van der Waals surface area contributed by atoms with E-state index < -0.39 is 0 Å². The Morgan fingerprint density at radius 2 is 0.658 bits per heavy atom. The van der Waals surface area contributed by atoms with E-state index in [1.165, 1.54) is 20.2 Å². The van der Waals surface area contributed by atoms with Crippen LogP contribution in [0.2, 0.25) is 0 Å². The minimum atomic E-state index is 0.465. The second-order valence-electron chi connectivity index (χ2n) is 29.1. The van der Waals surface area contributed by atoms with Crippen molar-refractivity contribution in [3.05, 3.63) is 352 Å². The van der Waals surface area contributed by atoms with E-state index in [1.807, 2.05) is 41.7 Å². The Kier molecular flexibility index (Phi) is 14.0. The zero-order chi connectivity index (χ0) is 74.6. The predicted molar refractivity (Wildman–Crippen MR) is 466 cm³/mol. The maximum atomic E-state index is 7.28. The van der Waals surface area contributed by atoms with Crippen LogP contribution in [-0.2, 0) is 0 Å². The lowest BCUT2D eigenvalue weighted by atomic mass is 9.91. The molecule has 11 nitrogen and oxygen atoms in total. The summed E-state index contributed by atoms with van der Waals surface area (Å²) in [6, 6.07) is 123.